The average Bonchev–Trinajstić information content (AvgIpc) is 2.52. The van der Waals surface area contributed by atoms with Gasteiger partial charge in [-0.2, -0.15) is 0 Å². The van der Waals surface area contributed by atoms with Gasteiger partial charge in [-0.05, 0) is 85.7 Å². The maximum atomic E-state index is 6.59. The largest absolute Gasteiger partial charge is 0.329 e. The fourth-order valence-corrected chi connectivity index (χ4v) is 3.67. The summed E-state index contributed by atoms with van der Waals surface area (Å²) in [6.45, 7) is 28.7. The number of rotatable bonds is 14. The van der Waals surface area contributed by atoms with Gasteiger partial charge in [0, 0.05) is 37.3 Å². The fourth-order valence-electron chi connectivity index (χ4n) is 3.67. The molecular weight excluding hydrogens is 358 g/mol. The van der Waals surface area contributed by atoms with Crippen LogP contribution in [0.5, 0.6) is 0 Å². The van der Waals surface area contributed by atoms with Gasteiger partial charge >= 0.3 is 0 Å². The molecule has 1 unspecified atom stereocenters. The molecule has 0 aliphatic carbocycles. The van der Waals surface area contributed by atoms with Crippen molar-refractivity contribution in [2.75, 3.05) is 39.3 Å². The Morgan fingerprint density at radius 3 is 1.72 bits per heavy atom. The highest BCUT2D eigenvalue weighted by molar-refractivity contribution is 4.87. The van der Waals surface area contributed by atoms with Crippen LogP contribution in [0.3, 0.4) is 0 Å². The minimum absolute atomic E-state index is 0.135. The number of nitrogens with two attached hydrogens (primary N) is 2. The van der Waals surface area contributed by atoms with Crippen molar-refractivity contribution >= 4 is 0 Å². The summed E-state index contributed by atoms with van der Waals surface area (Å²) in [6, 6.07) is 0. The van der Waals surface area contributed by atoms with Crippen molar-refractivity contribution < 1.29 is 0 Å². The van der Waals surface area contributed by atoms with Gasteiger partial charge in [-0.15, -0.1) is 0 Å². The van der Waals surface area contributed by atoms with E-state index < -0.39 is 0 Å². The van der Waals surface area contributed by atoms with Crippen LogP contribution < -0.4 is 16.8 Å². The first-order chi connectivity index (χ1) is 13.0. The Bertz CT molecular complexity index is 432. The molecule has 5 N–H and O–H groups in total. The summed E-state index contributed by atoms with van der Waals surface area (Å²) in [5.41, 5.74) is 12.7. The molecule has 0 aromatic rings. The second-order valence-corrected chi connectivity index (χ2v) is 11.9. The summed E-state index contributed by atoms with van der Waals surface area (Å²) in [4.78, 5) is 5.15. The average molecular weight is 414 g/mol. The van der Waals surface area contributed by atoms with E-state index in [1.165, 1.54) is 0 Å². The molecule has 0 saturated carbocycles. The number of hydrogen-bond acceptors (Lipinski definition) is 5. The first-order valence-corrected chi connectivity index (χ1v) is 11.8. The van der Waals surface area contributed by atoms with Crippen molar-refractivity contribution in [2.45, 2.75) is 112 Å². The predicted octanol–water partition coefficient (Wildman–Crippen LogP) is 4.02. The summed E-state index contributed by atoms with van der Waals surface area (Å²) in [6.07, 6.45) is 4.37. The molecule has 29 heavy (non-hydrogen) atoms. The molecule has 0 fully saturated rings. The van der Waals surface area contributed by atoms with Gasteiger partial charge in [0.25, 0.3) is 0 Å². The van der Waals surface area contributed by atoms with E-state index in [0.717, 1.165) is 58.4 Å². The van der Waals surface area contributed by atoms with Gasteiger partial charge in [-0.25, -0.2) is 0 Å². The van der Waals surface area contributed by atoms with Crippen LogP contribution in [0.1, 0.15) is 94.9 Å². The highest BCUT2D eigenvalue weighted by Gasteiger charge is 2.30. The van der Waals surface area contributed by atoms with E-state index in [1.807, 2.05) is 0 Å². The molecule has 0 radical (unpaired) electrons. The smallest absolute Gasteiger partial charge is 0.0645 e. The van der Waals surface area contributed by atoms with Crippen LogP contribution in [0, 0.1) is 5.41 Å². The van der Waals surface area contributed by atoms with Crippen LogP contribution in [0.25, 0.3) is 0 Å². The van der Waals surface area contributed by atoms with Crippen molar-refractivity contribution in [1.82, 2.24) is 15.1 Å². The van der Waals surface area contributed by atoms with Gasteiger partial charge in [0.2, 0.25) is 0 Å². The maximum Gasteiger partial charge on any atom is 0.0645 e. The molecule has 0 aliphatic heterocycles. The molecule has 0 amide bonds. The first kappa shape index (κ1) is 28.8. The summed E-state index contributed by atoms with van der Waals surface area (Å²) >= 11 is 0. The molecule has 0 saturated heterocycles. The SMILES string of the molecule is CCCN(CCC(C)(N)NCCC(C)(C)C)C(C)(C)CCN(CCN)C(C)(C)C. The molecule has 5 nitrogen and oxygen atoms in total. The summed E-state index contributed by atoms with van der Waals surface area (Å²) in [7, 11) is 0. The quantitative estimate of drug-likeness (QED) is 0.375. The molecule has 0 spiro atoms. The van der Waals surface area contributed by atoms with E-state index in [-0.39, 0.29) is 16.7 Å². The van der Waals surface area contributed by atoms with E-state index in [0.29, 0.717) is 12.0 Å². The number of hydrogen-bond donors (Lipinski definition) is 3. The van der Waals surface area contributed by atoms with Crippen molar-refractivity contribution in [3.63, 3.8) is 0 Å². The van der Waals surface area contributed by atoms with Crippen LogP contribution >= 0.6 is 0 Å². The molecule has 0 aliphatic rings. The molecule has 0 bridgehead atoms. The number of nitrogens with one attached hydrogen (secondary N) is 1. The Kier molecular flexibility index (Phi) is 11.9. The molecule has 0 aromatic heterocycles. The lowest BCUT2D eigenvalue weighted by molar-refractivity contribution is 0.0654. The Hall–Kier alpha value is -0.200. The maximum absolute atomic E-state index is 6.59. The topological polar surface area (TPSA) is 70.5 Å². The second-order valence-electron chi connectivity index (χ2n) is 11.9. The third-order valence-electron chi connectivity index (χ3n) is 6.00. The lowest BCUT2D eigenvalue weighted by Crippen LogP contribution is -2.55. The minimum atomic E-state index is -0.329. The van der Waals surface area contributed by atoms with E-state index in [4.69, 9.17) is 11.5 Å². The molecule has 1 atom stereocenters. The van der Waals surface area contributed by atoms with E-state index in [9.17, 15) is 0 Å². The van der Waals surface area contributed by atoms with Crippen LogP contribution in [0.4, 0.5) is 0 Å². The van der Waals surface area contributed by atoms with Gasteiger partial charge in [0.05, 0.1) is 5.66 Å². The van der Waals surface area contributed by atoms with Crippen LogP contribution in [-0.4, -0.2) is 65.8 Å². The summed E-state index contributed by atoms with van der Waals surface area (Å²) in [5, 5.41) is 3.58. The normalized spacial score (nSPS) is 15.9. The van der Waals surface area contributed by atoms with Gasteiger partial charge in [0.15, 0.2) is 0 Å². The predicted molar refractivity (Wildman–Crippen MR) is 130 cm³/mol. The molecule has 176 valence electrons. The Balaban J connectivity index is 4.86. The standard InChI is InChI=1S/C24H55N5/c1-11-17-29(19-14-24(10,26)27-16-12-21(2,3)4)23(8,9)13-18-28(20-15-25)22(5,6)7/h27H,11-20,25-26H2,1-10H3. The van der Waals surface area contributed by atoms with E-state index >= 15 is 0 Å². The highest BCUT2D eigenvalue weighted by Crippen LogP contribution is 2.24. The van der Waals surface area contributed by atoms with Crippen molar-refractivity contribution in [1.29, 1.82) is 0 Å². The Morgan fingerprint density at radius 2 is 1.28 bits per heavy atom. The molecule has 0 heterocycles. The Morgan fingerprint density at radius 1 is 0.724 bits per heavy atom. The molecule has 5 heteroatoms. The number of nitrogens with zero attached hydrogens (tertiary/aromatic N) is 2. The van der Waals surface area contributed by atoms with E-state index in [2.05, 4.69) is 84.4 Å². The fraction of sp³-hybridized carbons (Fsp3) is 1.00. The summed E-state index contributed by atoms with van der Waals surface area (Å²) in [5.74, 6) is 0. The third kappa shape index (κ3) is 13.0. The highest BCUT2D eigenvalue weighted by atomic mass is 15.2. The van der Waals surface area contributed by atoms with Crippen molar-refractivity contribution in [2.24, 2.45) is 16.9 Å². The molecule has 0 aromatic carbocycles. The van der Waals surface area contributed by atoms with Gasteiger partial charge in [-0.1, -0.05) is 27.7 Å². The van der Waals surface area contributed by atoms with Crippen LogP contribution in [0.2, 0.25) is 0 Å². The van der Waals surface area contributed by atoms with Crippen molar-refractivity contribution in [3.8, 4) is 0 Å². The Labute approximate surface area is 183 Å². The monoisotopic (exact) mass is 413 g/mol. The van der Waals surface area contributed by atoms with Gasteiger partial charge in [0.1, 0.15) is 0 Å². The molecule has 0 rings (SSSR count). The lowest BCUT2D eigenvalue weighted by Gasteiger charge is -2.43. The zero-order valence-corrected chi connectivity index (χ0v) is 21.6. The second kappa shape index (κ2) is 12.0. The lowest BCUT2D eigenvalue weighted by atomic mass is 9.92. The van der Waals surface area contributed by atoms with Crippen molar-refractivity contribution in [3.05, 3.63) is 0 Å². The first-order valence-electron chi connectivity index (χ1n) is 11.8. The van der Waals surface area contributed by atoms with E-state index in [1.54, 1.807) is 0 Å². The van der Waals surface area contributed by atoms with Gasteiger partial charge < -0.3 is 11.5 Å². The zero-order valence-electron chi connectivity index (χ0n) is 21.6. The van der Waals surface area contributed by atoms with Crippen LogP contribution in [-0.2, 0) is 0 Å². The minimum Gasteiger partial charge on any atom is -0.329 e. The third-order valence-corrected chi connectivity index (χ3v) is 6.00. The molecular formula is C24H55N5. The summed E-state index contributed by atoms with van der Waals surface area (Å²) < 4.78 is 0. The zero-order chi connectivity index (χ0) is 22.9. The van der Waals surface area contributed by atoms with Gasteiger partial charge in [-0.3, -0.25) is 15.1 Å². The van der Waals surface area contributed by atoms with Crippen LogP contribution in [0.15, 0.2) is 0 Å².